The number of aliphatic hydroxyl groups excluding tert-OH is 1. The highest BCUT2D eigenvalue weighted by atomic mass is 16.3. The van der Waals surface area contributed by atoms with E-state index in [0.29, 0.717) is 32.7 Å². The third-order valence-electron chi connectivity index (χ3n) is 3.37. The van der Waals surface area contributed by atoms with Crippen molar-refractivity contribution < 1.29 is 14.7 Å². The van der Waals surface area contributed by atoms with E-state index in [1.54, 1.807) is 4.90 Å². The van der Waals surface area contributed by atoms with Crippen LogP contribution in [0.3, 0.4) is 0 Å². The molecule has 1 rings (SSSR count). The standard InChI is InChI=1S/C14H28N4O3/c1-10(19)12(15)13(21)18-7-5-17(6-8-18)9-11(20)16-14(2,3)4/h10,12,19H,5-9,15H2,1-4H3,(H,16,20)/t10-,12+/m0/s1. The summed E-state index contributed by atoms with van der Waals surface area (Å²) in [7, 11) is 0. The first kappa shape index (κ1) is 17.9. The predicted octanol–water partition coefficient (Wildman–Crippen LogP) is -1.25. The van der Waals surface area contributed by atoms with Crippen molar-refractivity contribution in [1.82, 2.24) is 15.1 Å². The summed E-state index contributed by atoms with van der Waals surface area (Å²) in [5.41, 5.74) is 5.42. The molecule has 122 valence electrons. The fourth-order valence-corrected chi connectivity index (χ4v) is 2.20. The first-order valence-corrected chi connectivity index (χ1v) is 7.36. The van der Waals surface area contributed by atoms with Crippen LogP contribution < -0.4 is 11.1 Å². The van der Waals surface area contributed by atoms with Crippen molar-refractivity contribution in [2.75, 3.05) is 32.7 Å². The zero-order chi connectivity index (χ0) is 16.2. The van der Waals surface area contributed by atoms with Crippen molar-refractivity contribution in [3.05, 3.63) is 0 Å². The van der Waals surface area contributed by atoms with Crippen LogP contribution in [-0.4, -0.2) is 77.1 Å². The summed E-state index contributed by atoms with van der Waals surface area (Å²) in [6.45, 7) is 10.0. The molecule has 0 bridgehead atoms. The first-order chi connectivity index (χ1) is 9.60. The lowest BCUT2D eigenvalue weighted by Crippen LogP contribution is -2.57. The Morgan fingerprint density at radius 3 is 2.19 bits per heavy atom. The van der Waals surface area contributed by atoms with Crippen LogP contribution in [0.4, 0.5) is 0 Å². The van der Waals surface area contributed by atoms with E-state index in [1.807, 2.05) is 25.7 Å². The highest BCUT2D eigenvalue weighted by Gasteiger charge is 2.28. The summed E-state index contributed by atoms with van der Waals surface area (Å²) in [4.78, 5) is 27.5. The molecule has 1 heterocycles. The van der Waals surface area contributed by atoms with E-state index in [0.717, 1.165) is 0 Å². The molecule has 0 saturated carbocycles. The molecule has 2 amide bonds. The van der Waals surface area contributed by atoms with Crippen molar-refractivity contribution in [3.8, 4) is 0 Å². The van der Waals surface area contributed by atoms with Crippen molar-refractivity contribution in [1.29, 1.82) is 0 Å². The van der Waals surface area contributed by atoms with Crippen LogP contribution in [0.25, 0.3) is 0 Å². The van der Waals surface area contributed by atoms with Crippen molar-refractivity contribution in [2.45, 2.75) is 45.4 Å². The number of aliphatic hydroxyl groups is 1. The Hall–Kier alpha value is -1.18. The molecule has 1 saturated heterocycles. The van der Waals surface area contributed by atoms with Crippen molar-refractivity contribution in [2.24, 2.45) is 5.73 Å². The van der Waals surface area contributed by atoms with Gasteiger partial charge in [0.25, 0.3) is 0 Å². The minimum absolute atomic E-state index is 0.0111. The molecule has 1 aliphatic rings. The third kappa shape index (κ3) is 5.99. The van der Waals surface area contributed by atoms with Crippen LogP contribution in [0.2, 0.25) is 0 Å². The number of hydrogen-bond donors (Lipinski definition) is 3. The van der Waals surface area contributed by atoms with Gasteiger partial charge in [-0.25, -0.2) is 0 Å². The molecule has 21 heavy (non-hydrogen) atoms. The second kappa shape index (κ2) is 7.20. The van der Waals surface area contributed by atoms with Crippen LogP contribution in [0.15, 0.2) is 0 Å². The molecular formula is C14H28N4O3. The summed E-state index contributed by atoms with van der Waals surface area (Å²) in [5, 5.41) is 12.3. The average molecular weight is 300 g/mol. The molecule has 4 N–H and O–H groups in total. The number of carbonyl (C=O) groups is 2. The Labute approximate surface area is 126 Å². The minimum atomic E-state index is -0.874. The van der Waals surface area contributed by atoms with Gasteiger partial charge in [-0.3, -0.25) is 14.5 Å². The number of hydrogen-bond acceptors (Lipinski definition) is 5. The molecule has 7 nitrogen and oxygen atoms in total. The average Bonchev–Trinajstić information content (AvgIpc) is 2.35. The highest BCUT2D eigenvalue weighted by molar-refractivity contribution is 5.82. The largest absolute Gasteiger partial charge is 0.391 e. The van der Waals surface area contributed by atoms with E-state index >= 15 is 0 Å². The number of rotatable bonds is 4. The molecule has 0 radical (unpaired) electrons. The fraction of sp³-hybridized carbons (Fsp3) is 0.857. The quantitative estimate of drug-likeness (QED) is 0.603. The van der Waals surface area contributed by atoms with Crippen LogP contribution in [0.5, 0.6) is 0 Å². The third-order valence-corrected chi connectivity index (χ3v) is 3.37. The molecule has 7 heteroatoms. The normalized spacial score (nSPS) is 20.0. The van der Waals surface area contributed by atoms with Gasteiger partial charge in [0.2, 0.25) is 11.8 Å². The number of nitrogens with two attached hydrogens (primary N) is 1. The molecule has 0 aromatic carbocycles. The number of piperazine rings is 1. The van der Waals surface area contributed by atoms with Gasteiger partial charge in [0.1, 0.15) is 6.04 Å². The molecule has 0 spiro atoms. The summed E-state index contributed by atoms with van der Waals surface area (Å²) >= 11 is 0. The molecule has 0 aromatic heterocycles. The van der Waals surface area contributed by atoms with Crippen LogP contribution in [-0.2, 0) is 9.59 Å². The van der Waals surface area contributed by atoms with E-state index in [-0.39, 0.29) is 17.4 Å². The SMILES string of the molecule is C[C@H](O)[C@@H](N)C(=O)N1CCN(CC(=O)NC(C)(C)C)CC1. The van der Waals surface area contributed by atoms with E-state index in [9.17, 15) is 14.7 Å². The van der Waals surface area contributed by atoms with Gasteiger partial charge in [-0.1, -0.05) is 0 Å². The van der Waals surface area contributed by atoms with Gasteiger partial charge in [-0.05, 0) is 27.7 Å². The van der Waals surface area contributed by atoms with E-state index in [4.69, 9.17) is 5.73 Å². The number of nitrogens with one attached hydrogen (secondary N) is 1. The topological polar surface area (TPSA) is 98.9 Å². The highest BCUT2D eigenvalue weighted by Crippen LogP contribution is 2.06. The van der Waals surface area contributed by atoms with Gasteiger partial charge in [0.05, 0.1) is 12.6 Å². The van der Waals surface area contributed by atoms with Gasteiger partial charge in [-0.15, -0.1) is 0 Å². The molecular weight excluding hydrogens is 272 g/mol. The molecule has 2 atom stereocenters. The van der Waals surface area contributed by atoms with Gasteiger partial charge < -0.3 is 21.1 Å². The molecule has 1 aliphatic heterocycles. The number of amides is 2. The monoisotopic (exact) mass is 300 g/mol. The van der Waals surface area contributed by atoms with Crippen molar-refractivity contribution >= 4 is 11.8 Å². The lowest BCUT2D eigenvalue weighted by atomic mass is 10.1. The van der Waals surface area contributed by atoms with E-state index in [2.05, 4.69) is 5.32 Å². The molecule has 0 aliphatic carbocycles. The Bertz CT molecular complexity index is 371. The number of carbonyl (C=O) groups excluding carboxylic acids is 2. The smallest absolute Gasteiger partial charge is 0.242 e. The van der Waals surface area contributed by atoms with Crippen LogP contribution in [0.1, 0.15) is 27.7 Å². The first-order valence-electron chi connectivity index (χ1n) is 7.36. The Morgan fingerprint density at radius 2 is 1.76 bits per heavy atom. The second-order valence-electron chi connectivity index (χ2n) is 6.67. The Morgan fingerprint density at radius 1 is 1.24 bits per heavy atom. The molecule has 1 fully saturated rings. The maximum atomic E-state index is 12.0. The van der Waals surface area contributed by atoms with E-state index < -0.39 is 12.1 Å². The lowest BCUT2D eigenvalue weighted by molar-refractivity contribution is -0.136. The summed E-state index contributed by atoms with van der Waals surface area (Å²) in [6, 6.07) is -0.874. The Kier molecular flexibility index (Phi) is 6.12. The summed E-state index contributed by atoms with van der Waals surface area (Å²) < 4.78 is 0. The van der Waals surface area contributed by atoms with Crippen LogP contribution in [0, 0.1) is 0 Å². The van der Waals surface area contributed by atoms with Crippen molar-refractivity contribution in [3.63, 3.8) is 0 Å². The maximum Gasteiger partial charge on any atom is 0.242 e. The minimum Gasteiger partial charge on any atom is -0.391 e. The predicted molar refractivity (Wildman–Crippen MR) is 80.6 cm³/mol. The number of nitrogens with zero attached hydrogens (tertiary/aromatic N) is 2. The van der Waals surface area contributed by atoms with Gasteiger partial charge in [0.15, 0.2) is 0 Å². The van der Waals surface area contributed by atoms with E-state index in [1.165, 1.54) is 6.92 Å². The maximum absolute atomic E-state index is 12.0. The summed E-state index contributed by atoms with van der Waals surface area (Å²) in [6.07, 6.45) is -0.854. The molecule has 0 unspecified atom stereocenters. The summed E-state index contributed by atoms with van der Waals surface area (Å²) in [5.74, 6) is -0.244. The second-order valence-corrected chi connectivity index (χ2v) is 6.67. The lowest BCUT2D eigenvalue weighted by Gasteiger charge is -2.36. The fourth-order valence-electron chi connectivity index (χ4n) is 2.20. The zero-order valence-electron chi connectivity index (χ0n) is 13.4. The van der Waals surface area contributed by atoms with Gasteiger partial charge in [0, 0.05) is 31.7 Å². The van der Waals surface area contributed by atoms with Gasteiger partial charge >= 0.3 is 0 Å². The zero-order valence-corrected chi connectivity index (χ0v) is 13.4. The Balaban J connectivity index is 2.39. The van der Waals surface area contributed by atoms with Crippen LogP contribution >= 0.6 is 0 Å². The van der Waals surface area contributed by atoms with Gasteiger partial charge in [-0.2, -0.15) is 0 Å². The molecule has 0 aromatic rings.